The average molecular weight is 228 g/mol. The SMILES string of the molecule is Cn1ncc(Br)c1C1C=CCN1. The van der Waals surface area contributed by atoms with Gasteiger partial charge in [0, 0.05) is 13.6 Å². The predicted octanol–water partition coefficient (Wildman–Crippen LogP) is 1.38. The van der Waals surface area contributed by atoms with Gasteiger partial charge in [-0.2, -0.15) is 5.10 Å². The first-order chi connectivity index (χ1) is 5.79. The first-order valence-electron chi connectivity index (χ1n) is 3.86. The van der Waals surface area contributed by atoms with Gasteiger partial charge in [0.25, 0.3) is 0 Å². The monoisotopic (exact) mass is 227 g/mol. The second-order valence-electron chi connectivity index (χ2n) is 2.82. The highest BCUT2D eigenvalue weighted by molar-refractivity contribution is 9.10. The summed E-state index contributed by atoms with van der Waals surface area (Å²) in [5.74, 6) is 0. The van der Waals surface area contributed by atoms with Crippen LogP contribution in [0.3, 0.4) is 0 Å². The minimum absolute atomic E-state index is 0.312. The number of nitrogens with zero attached hydrogens (tertiary/aromatic N) is 2. The summed E-state index contributed by atoms with van der Waals surface area (Å²) in [6.45, 7) is 0.947. The van der Waals surface area contributed by atoms with Gasteiger partial charge in [-0.05, 0) is 15.9 Å². The molecule has 2 rings (SSSR count). The van der Waals surface area contributed by atoms with Crippen molar-refractivity contribution in [2.45, 2.75) is 6.04 Å². The number of nitrogens with one attached hydrogen (secondary N) is 1. The van der Waals surface area contributed by atoms with Crippen LogP contribution in [0.5, 0.6) is 0 Å². The molecule has 1 atom stereocenters. The summed E-state index contributed by atoms with van der Waals surface area (Å²) in [7, 11) is 1.95. The summed E-state index contributed by atoms with van der Waals surface area (Å²) in [5, 5.41) is 7.50. The molecule has 1 aliphatic rings. The largest absolute Gasteiger partial charge is 0.302 e. The summed E-state index contributed by atoms with van der Waals surface area (Å²) < 4.78 is 2.95. The van der Waals surface area contributed by atoms with E-state index >= 15 is 0 Å². The summed E-state index contributed by atoms with van der Waals surface area (Å²) in [5.41, 5.74) is 1.18. The van der Waals surface area contributed by atoms with E-state index < -0.39 is 0 Å². The van der Waals surface area contributed by atoms with Crippen molar-refractivity contribution in [1.82, 2.24) is 15.1 Å². The van der Waals surface area contributed by atoms with E-state index in [1.54, 1.807) is 0 Å². The Labute approximate surface area is 79.6 Å². The quantitative estimate of drug-likeness (QED) is 0.736. The van der Waals surface area contributed by atoms with Crippen molar-refractivity contribution < 1.29 is 0 Å². The third-order valence-electron chi connectivity index (χ3n) is 2.02. The fourth-order valence-electron chi connectivity index (χ4n) is 1.43. The minimum atomic E-state index is 0.312. The standard InChI is InChI=1S/C8H10BrN3/c1-12-8(6(9)5-11-12)7-3-2-4-10-7/h2-3,5,7,10H,4H2,1H3. The lowest BCUT2D eigenvalue weighted by atomic mass is 10.2. The van der Waals surface area contributed by atoms with Crippen molar-refractivity contribution in [1.29, 1.82) is 0 Å². The minimum Gasteiger partial charge on any atom is -0.302 e. The first-order valence-corrected chi connectivity index (χ1v) is 4.66. The van der Waals surface area contributed by atoms with Crippen LogP contribution < -0.4 is 5.32 Å². The number of aromatic nitrogens is 2. The molecule has 0 spiro atoms. The highest BCUT2D eigenvalue weighted by Crippen LogP contribution is 2.24. The highest BCUT2D eigenvalue weighted by Gasteiger charge is 2.17. The third-order valence-corrected chi connectivity index (χ3v) is 2.63. The van der Waals surface area contributed by atoms with Crippen LogP contribution in [0.4, 0.5) is 0 Å². The van der Waals surface area contributed by atoms with Crippen molar-refractivity contribution in [2.24, 2.45) is 7.05 Å². The van der Waals surface area contributed by atoms with Gasteiger partial charge in [-0.3, -0.25) is 4.68 Å². The number of hydrogen-bond acceptors (Lipinski definition) is 2. The Bertz CT molecular complexity index is 297. The molecule has 3 nitrogen and oxygen atoms in total. The molecule has 1 N–H and O–H groups in total. The summed E-state index contributed by atoms with van der Waals surface area (Å²) in [6.07, 6.45) is 6.11. The Kier molecular flexibility index (Phi) is 2.02. The van der Waals surface area contributed by atoms with Crippen LogP contribution in [0.1, 0.15) is 11.7 Å². The molecule has 1 aliphatic heterocycles. The van der Waals surface area contributed by atoms with E-state index in [0.29, 0.717) is 6.04 Å². The van der Waals surface area contributed by atoms with E-state index in [4.69, 9.17) is 0 Å². The van der Waals surface area contributed by atoms with Crippen LogP contribution in [0.25, 0.3) is 0 Å². The van der Waals surface area contributed by atoms with Gasteiger partial charge in [0.2, 0.25) is 0 Å². The van der Waals surface area contributed by atoms with E-state index in [0.717, 1.165) is 11.0 Å². The molecule has 0 aromatic carbocycles. The zero-order valence-electron chi connectivity index (χ0n) is 6.79. The van der Waals surface area contributed by atoms with Crippen LogP contribution >= 0.6 is 15.9 Å². The molecular weight excluding hydrogens is 218 g/mol. The smallest absolute Gasteiger partial charge is 0.0731 e. The molecule has 0 saturated carbocycles. The van der Waals surface area contributed by atoms with Gasteiger partial charge in [-0.1, -0.05) is 12.2 Å². The molecule has 4 heteroatoms. The van der Waals surface area contributed by atoms with Gasteiger partial charge in [0.15, 0.2) is 0 Å². The molecule has 1 unspecified atom stereocenters. The van der Waals surface area contributed by atoms with Crippen LogP contribution in [-0.4, -0.2) is 16.3 Å². The highest BCUT2D eigenvalue weighted by atomic mass is 79.9. The van der Waals surface area contributed by atoms with Gasteiger partial charge in [0.1, 0.15) is 0 Å². The van der Waals surface area contributed by atoms with Crippen LogP contribution in [0.15, 0.2) is 22.8 Å². The van der Waals surface area contributed by atoms with E-state index in [1.807, 2.05) is 17.9 Å². The predicted molar refractivity (Wildman–Crippen MR) is 50.8 cm³/mol. The fraction of sp³-hybridized carbons (Fsp3) is 0.375. The number of halogens is 1. The van der Waals surface area contributed by atoms with Crippen molar-refractivity contribution in [3.63, 3.8) is 0 Å². The van der Waals surface area contributed by atoms with Crippen molar-refractivity contribution in [3.05, 3.63) is 28.5 Å². The van der Waals surface area contributed by atoms with E-state index in [-0.39, 0.29) is 0 Å². The molecule has 0 fully saturated rings. The lowest BCUT2D eigenvalue weighted by Gasteiger charge is -2.09. The van der Waals surface area contributed by atoms with Gasteiger partial charge in [-0.25, -0.2) is 0 Å². The maximum absolute atomic E-state index is 4.16. The molecule has 0 bridgehead atoms. The van der Waals surface area contributed by atoms with Crippen LogP contribution in [-0.2, 0) is 7.05 Å². The van der Waals surface area contributed by atoms with Gasteiger partial charge >= 0.3 is 0 Å². The molecule has 0 saturated heterocycles. The normalized spacial score (nSPS) is 22.0. The Hall–Kier alpha value is -0.610. The molecule has 1 aromatic heterocycles. The first kappa shape index (κ1) is 8.01. The molecule has 0 radical (unpaired) electrons. The molecular formula is C8H10BrN3. The van der Waals surface area contributed by atoms with Gasteiger partial charge in [0.05, 0.1) is 22.4 Å². The summed E-state index contributed by atoms with van der Waals surface area (Å²) >= 11 is 3.47. The zero-order valence-corrected chi connectivity index (χ0v) is 8.37. The van der Waals surface area contributed by atoms with Crippen molar-refractivity contribution >= 4 is 15.9 Å². The summed E-state index contributed by atoms with van der Waals surface area (Å²) in [6, 6.07) is 0.312. The number of hydrogen-bond donors (Lipinski definition) is 1. The van der Waals surface area contributed by atoms with E-state index in [2.05, 4.69) is 38.5 Å². The molecule has 64 valence electrons. The topological polar surface area (TPSA) is 29.9 Å². The van der Waals surface area contributed by atoms with Crippen molar-refractivity contribution in [3.8, 4) is 0 Å². The second-order valence-corrected chi connectivity index (χ2v) is 3.67. The Morgan fingerprint density at radius 3 is 3.08 bits per heavy atom. The lowest BCUT2D eigenvalue weighted by molar-refractivity contribution is 0.619. The summed E-state index contributed by atoms with van der Waals surface area (Å²) in [4.78, 5) is 0. The van der Waals surface area contributed by atoms with E-state index in [1.165, 1.54) is 5.69 Å². The van der Waals surface area contributed by atoms with Crippen molar-refractivity contribution in [2.75, 3.05) is 6.54 Å². The maximum atomic E-state index is 4.16. The Balaban J connectivity index is 2.37. The van der Waals surface area contributed by atoms with Gasteiger partial charge < -0.3 is 5.32 Å². The molecule has 1 aromatic rings. The Morgan fingerprint density at radius 2 is 2.58 bits per heavy atom. The molecule has 0 amide bonds. The van der Waals surface area contributed by atoms with E-state index in [9.17, 15) is 0 Å². The fourth-order valence-corrected chi connectivity index (χ4v) is 2.02. The average Bonchev–Trinajstić information content (AvgIpc) is 2.61. The third kappa shape index (κ3) is 1.21. The second kappa shape index (κ2) is 3.03. The Morgan fingerprint density at radius 1 is 1.75 bits per heavy atom. The molecule has 12 heavy (non-hydrogen) atoms. The molecule has 2 heterocycles. The lowest BCUT2D eigenvalue weighted by Crippen LogP contribution is -2.17. The zero-order chi connectivity index (χ0) is 8.55. The number of rotatable bonds is 1. The maximum Gasteiger partial charge on any atom is 0.0731 e. The molecule has 0 aliphatic carbocycles. The number of aryl methyl sites for hydroxylation is 1. The van der Waals surface area contributed by atoms with Crippen LogP contribution in [0, 0.1) is 0 Å². The van der Waals surface area contributed by atoms with Gasteiger partial charge in [-0.15, -0.1) is 0 Å². The van der Waals surface area contributed by atoms with Crippen LogP contribution in [0.2, 0.25) is 0 Å².